The van der Waals surface area contributed by atoms with Gasteiger partial charge in [0, 0.05) is 0 Å². The maximum atomic E-state index is 2.19. The molecule has 0 amide bonds. The number of hydrogen-bond donors (Lipinski definition) is 0. The molecule has 0 N–H and O–H groups in total. The van der Waals surface area contributed by atoms with Gasteiger partial charge in [-0.2, -0.15) is 0 Å². The lowest BCUT2D eigenvalue weighted by Crippen LogP contribution is -1.82. The van der Waals surface area contributed by atoms with Crippen molar-refractivity contribution >= 4 is 5.57 Å². The minimum Gasteiger partial charge on any atom is -0.0807 e. The zero-order chi connectivity index (χ0) is 12.9. The van der Waals surface area contributed by atoms with Gasteiger partial charge in [0.2, 0.25) is 0 Å². The third-order valence-electron chi connectivity index (χ3n) is 3.31. The van der Waals surface area contributed by atoms with Crippen LogP contribution in [0.2, 0.25) is 0 Å². The van der Waals surface area contributed by atoms with Crippen molar-refractivity contribution in [1.29, 1.82) is 0 Å². The van der Waals surface area contributed by atoms with Gasteiger partial charge in [-0.05, 0) is 28.7 Å². The molecule has 3 rings (SSSR count). The zero-order valence-corrected chi connectivity index (χ0v) is 10.8. The topological polar surface area (TPSA) is 0 Å². The molecule has 1 aliphatic carbocycles. The van der Waals surface area contributed by atoms with Crippen LogP contribution in [0.4, 0.5) is 0 Å². The van der Waals surface area contributed by atoms with Gasteiger partial charge in [-0.15, -0.1) is 0 Å². The van der Waals surface area contributed by atoms with Crippen LogP contribution >= 0.6 is 0 Å². The Morgan fingerprint density at radius 2 is 1.32 bits per heavy atom. The quantitative estimate of drug-likeness (QED) is 0.676. The van der Waals surface area contributed by atoms with Gasteiger partial charge in [0.25, 0.3) is 0 Å². The molecule has 1 aliphatic rings. The summed E-state index contributed by atoms with van der Waals surface area (Å²) in [6.07, 6.45) is 11.9. The number of allylic oxidation sites excluding steroid dienone is 6. The highest BCUT2D eigenvalue weighted by Crippen LogP contribution is 2.23. The van der Waals surface area contributed by atoms with Crippen LogP contribution in [0, 0.1) is 0 Å². The van der Waals surface area contributed by atoms with E-state index in [9.17, 15) is 0 Å². The Bertz CT molecular complexity index is 625. The van der Waals surface area contributed by atoms with Crippen molar-refractivity contribution in [1.82, 2.24) is 0 Å². The summed E-state index contributed by atoms with van der Waals surface area (Å²) >= 11 is 0. The summed E-state index contributed by atoms with van der Waals surface area (Å²) in [6.45, 7) is 0. The Morgan fingerprint density at radius 3 is 2.11 bits per heavy atom. The summed E-state index contributed by atoms with van der Waals surface area (Å²) in [5.74, 6) is 0. The van der Waals surface area contributed by atoms with Crippen LogP contribution in [0.1, 0.15) is 12.0 Å². The van der Waals surface area contributed by atoms with Gasteiger partial charge in [-0.25, -0.2) is 0 Å². The summed E-state index contributed by atoms with van der Waals surface area (Å²) in [6, 6.07) is 19.2. The number of hydrogen-bond acceptors (Lipinski definition) is 0. The largest absolute Gasteiger partial charge is 0.0807 e. The molecule has 0 bridgehead atoms. The number of benzene rings is 2. The second kappa shape index (κ2) is 5.53. The first-order chi connectivity index (χ1) is 9.43. The van der Waals surface area contributed by atoms with E-state index in [-0.39, 0.29) is 0 Å². The van der Waals surface area contributed by atoms with Gasteiger partial charge < -0.3 is 0 Å². The van der Waals surface area contributed by atoms with Crippen molar-refractivity contribution in [2.75, 3.05) is 0 Å². The minimum atomic E-state index is 1.02. The molecule has 0 unspecified atom stereocenters. The Balaban J connectivity index is 1.91. The molecule has 2 aromatic rings. The minimum absolute atomic E-state index is 1.02. The van der Waals surface area contributed by atoms with Crippen molar-refractivity contribution in [3.05, 3.63) is 90.5 Å². The second-order valence-corrected chi connectivity index (χ2v) is 4.63. The summed E-state index contributed by atoms with van der Waals surface area (Å²) < 4.78 is 0. The molecule has 0 spiro atoms. The van der Waals surface area contributed by atoms with Gasteiger partial charge in [0.05, 0.1) is 0 Å². The van der Waals surface area contributed by atoms with Gasteiger partial charge in [-0.1, -0.05) is 85.0 Å². The molecule has 0 saturated heterocycles. The molecule has 0 heteroatoms. The van der Waals surface area contributed by atoms with Crippen LogP contribution in [0.5, 0.6) is 0 Å². The highest BCUT2D eigenvalue weighted by Gasteiger charge is 2.00. The van der Waals surface area contributed by atoms with E-state index in [0.29, 0.717) is 0 Å². The molecule has 92 valence electrons. The lowest BCUT2D eigenvalue weighted by Gasteiger charge is -2.05. The highest BCUT2D eigenvalue weighted by atomic mass is 14.0. The molecule has 0 saturated carbocycles. The first-order valence-corrected chi connectivity index (χ1v) is 6.63. The van der Waals surface area contributed by atoms with Crippen molar-refractivity contribution in [2.24, 2.45) is 0 Å². The lowest BCUT2D eigenvalue weighted by atomic mass is 10.00. The van der Waals surface area contributed by atoms with Crippen molar-refractivity contribution in [2.45, 2.75) is 6.42 Å². The van der Waals surface area contributed by atoms with Crippen molar-refractivity contribution in [3.63, 3.8) is 0 Å². The summed E-state index contributed by atoms with van der Waals surface area (Å²) in [5, 5.41) is 0. The normalized spacial score (nSPS) is 14.0. The summed E-state index contributed by atoms with van der Waals surface area (Å²) in [7, 11) is 0. The zero-order valence-electron chi connectivity index (χ0n) is 10.8. The number of rotatable bonds is 2. The van der Waals surface area contributed by atoms with Gasteiger partial charge in [0.1, 0.15) is 0 Å². The van der Waals surface area contributed by atoms with Gasteiger partial charge >= 0.3 is 0 Å². The van der Waals surface area contributed by atoms with Gasteiger partial charge in [-0.3, -0.25) is 0 Å². The fourth-order valence-electron chi connectivity index (χ4n) is 2.26. The van der Waals surface area contributed by atoms with E-state index in [4.69, 9.17) is 0 Å². The molecular formula is C19H16. The third-order valence-corrected chi connectivity index (χ3v) is 3.31. The van der Waals surface area contributed by atoms with E-state index in [2.05, 4.69) is 78.9 Å². The molecular weight excluding hydrogens is 228 g/mol. The summed E-state index contributed by atoms with van der Waals surface area (Å²) in [4.78, 5) is 0. The maximum absolute atomic E-state index is 2.19. The average molecular weight is 244 g/mol. The molecule has 0 atom stereocenters. The smallest absolute Gasteiger partial charge is 0.0163 e. The van der Waals surface area contributed by atoms with E-state index in [1.54, 1.807) is 0 Å². The molecule has 0 aliphatic heterocycles. The van der Waals surface area contributed by atoms with E-state index >= 15 is 0 Å². The molecule has 0 fully saturated rings. The monoisotopic (exact) mass is 244 g/mol. The van der Waals surface area contributed by atoms with E-state index < -0.39 is 0 Å². The Morgan fingerprint density at radius 1 is 0.632 bits per heavy atom. The standard InChI is InChI=1S/C19H16/c1-2-5-9-16(8-4-1)18-12-14-19(15-13-18)17-10-6-3-7-11-17/h1,3-15H,2H2. The fourth-order valence-corrected chi connectivity index (χ4v) is 2.26. The van der Waals surface area contributed by atoms with Crippen LogP contribution in [-0.4, -0.2) is 0 Å². The fraction of sp³-hybridized carbons (Fsp3) is 0.0526. The van der Waals surface area contributed by atoms with Crippen LogP contribution in [0.25, 0.3) is 16.7 Å². The average Bonchev–Trinajstić information content (AvgIpc) is 2.77. The predicted molar refractivity (Wildman–Crippen MR) is 82.8 cm³/mol. The molecule has 0 heterocycles. The second-order valence-electron chi connectivity index (χ2n) is 4.63. The molecule has 2 aromatic carbocycles. The SMILES string of the molecule is C1=CCC=CC(c2ccc(-c3ccccc3)cc2)=C1. The predicted octanol–water partition coefficient (Wildman–Crippen LogP) is 5.25. The molecule has 0 nitrogen and oxygen atoms in total. The Hall–Kier alpha value is -2.34. The van der Waals surface area contributed by atoms with Crippen molar-refractivity contribution < 1.29 is 0 Å². The van der Waals surface area contributed by atoms with E-state index in [1.807, 2.05) is 6.07 Å². The summed E-state index contributed by atoms with van der Waals surface area (Å²) in [5.41, 5.74) is 5.06. The van der Waals surface area contributed by atoms with Crippen LogP contribution in [0.3, 0.4) is 0 Å². The van der Waals surface area contributed by atoms with Gasteiger partial charge in [0.15, 0.2) is 0 Å². The van der Waals surface area contributed by atoms with Crippen LogP contribution < -0.4 is 0 Å². The maximum Gasteiger partial charge on any atom is -0.0163 e. The van der Waals surface area contributed by atoms with Crippen molar-refractivity contribution in [3.8, 4) is 11.1 Å². The molecule has 19 heavy (non-hydrogen) atoms. The first kappa shape index (κ1) is 11.7. The molecule has 0 aromatic heterocycles. The van der Waals surface area contributed by atoms with Crippen LogP contribution in [-0.2, 0) is 0 Å². The lowest BCUT2D eigenvalue weighted by molar-refractivity contribution is 1.41. The van der Waals surface area contributed by atoms with E-state index in [0.717, 1.165) is 6.42 Å². The Labute approximate surface area is 114 Å². The highest BCUT2D eigenvalue weighted by molar-refractivity contribution is 5.77. The third kappa shape index (κ3) is 2.74. The molecule has 0 radical (unpaired) electrons. The first-order valence-electron chi connectivity index (χ1n) is 6.63. The Kier molecular flexibility index (Phi) is 3.42. The van der Waals surface area contributed by atoms with E-state index in [1.165, 1.54) is 22.3 Å². The van der Waals surface area contributed by atoms with Crippen LogP contribution in [0.15, 0.2) is 85.0 Å².